The minimum Gasteiger partial charge on any atom is -0.452 e. The molecule has 1 aliphatic heterocycles. The summed E-state index contributed by atoms with van der Waals surface area (Å²) < 4.78 is 28.9. The molecule has 2 fully saturated rings. The summed E-state index contributed by atoms with van der Waals surface area (Å²) in [4.78, 5) is 37.0. The van der Waals surface area contributed by atoms with Crippen molar-refractivity contribution in [2.45, 2.75) is 50.6 Å². The highest BCUT2D eigenvalue weighted by Crippen LogP contribution is 2.28. The van der Waals surface area contributed by atoms with Crippen LogP contribution in [0.5, 0.6) is 0 Å². The van der Waals surface area contributed by atoms with E-state index in [0.717, 1.165) is 38.2 Å². The van der Waals surface area contributed by atoms with Crippen LogP contribution in [0, 0.1) is 10.1 Å². The van der Waals surface area contributed by atoms with Crippen molar-refractivity contribution in [2.24, 2.45) is 0 Å². The molecular formula is C19H24N2O7S. The van der Waals surface area contributed by atoms with Crippen molar-refractivity contribution in [2.75, 3.05) is 18.1 Å². The molecule has 158 valence electrons. The van der Waals surface area contributed by atoms with E-state index in [2.05, 4.69) is 0 Å². The number of esters is 1. The zero-order valence-electron chi connectivity index (χ0n) is 16.0. The first-order valence-corrected chi connectivity index (χ1v) is 11.5. The first-order valence-electron chi connectivity index (χ1n) is 9.70. The maximum Gasteiger partial charge on any atom is 0.338 e. The summed E-state index contributed by atoms with van der Waals surface area (Å²) in [7, 11) is -3.17. The molecule has 1 aromatic rings. The molecule has 0 N–H and O–H groups in total. The van der Waals surface area contributed by atoms with Crippen molar-refractivity contribution < 1.29 is 27.7 Å². The number of carbonyl (C=O) groups excluding carboxylic acids is 2. The molecule has 1 aromatic carbocycles. The minimum absolute atomic E-state index is 0.0142. The first kappa shape index (κ1) is 21.2. The third-order valence-electron chi connectivity index (χ3n) is 5.48. The van der Waals surface area contributed by atoms with Crippen LogP contribution in [0.3, 0.4) is 0 Å². The highest BCUT2D eigenvalue weighted by atomic mass is 32.2. The van der Waals surface area contributed by atoms with Crippen LogP contribution in [0.2, 0.25) is 0 Å². The Hall–Kier alpha value is -2.49. The Morgan fingerprint density at radius 1 is 1.14 bits per heavy atom. The highest BCUT2D eigenvalue weighted by molar-refractivity contribution is 7.91. The molecule has 0 aromatic heterocycles. The zero-order chi connectivity index (χ0) is 21.0. The number of carbonyl (C=O) groups is 2. The molecule has 1 heterocycles. The molecule has 0 bridgehead atoms. The van der Waals surface area contributed by atoms with E-state index in [9.17, 15) is 28.1 Å². The maximum absolute atomic E-state index is 12.9. The standard InChI is InChI=1S/C19H24N2O7S/c22-18(12-28-19(23)14-5-4-8-16(11-14)21(24)25)20(15-6-2-1-3-7-15)17-9-10-29(26,27)13-17/h4-5,8,11,15,17H,1-3,6-7,9-10,12-13H2. The van der Waals surface area contributed by atoms with Gasteiger partial charge in [0.2, 0.25) is 0 Å². The van der Waals surface area contributed by atoms with Crippen LogP contribution in [0.1, 0.15) is 48.9 Å². The fraction of sp³-hybridized carbons (Fsp3) is 0.579. The Labute approximate surface area is 169 Å². The molecule has 1 atom stereocenters. The molecule has 1 saturated carbocycles. The molecule has 29 heavy (non-hydrogen) atoms. The van der Waals surface area contributed by atoms with E-state index in [0.29, 0.717) is 6.42 Å². The van der Waals surface area contributed by atoms with Crippen LogP contribution in [-0.4, -0.2) is 60.3 Å². The number of sulfone groups is 1. The van der Waals surface area contributed by atoms with Crippen LogP contribution in [0.25, 0.3) is 0 Å². The molecule has 2 aliphatic rings. The van der Waals surface area contributed by atoms with Crippen molar-refractivity contribution in [1.82, 2.24) is 4.90 Å². The topological polar surface area (TPSA) is 124 Å². The van der Waals surface area contributed by atoms with Gasteiger partial charge in [-0.1, -0.05) is 25.3 Å². The Kier molecular flexibility index (Phi) is 6.51. The Morgan fingerprint density at radius 3 is 2.48 bits per heavy atom. The Balaban J connectivity index is 1.68. The summed E-state index contributed by atoms with van der Waals surface area (Å²) in [6.45, 7) is -0.519. The molecule has 3 rings (SSSR count). The van der Waals surface area contributed by atoms with E-state index in [1.807, 2.05) is 0 Å². The minimum atomic E-state index is -3.17. The second-order valence-electron chi connectivity index (χ2n) is 7.53. The van der Waals surface area contributed by atoms with Gasteiger partial charge < -0.3 is 9.64 Å². The molecular weight excluding hydrogens is 400 g/mol. The van der Waals surface area contributed by atoms with Crippen molar-refractivity contribution >= 4 is 27.4 Å². The number of ether oxygens (including phenoxy) is 1. The number of hydrogen-bond donors (Lipinski definition) is 0. The van der Waals surface area contributed by atoms with Gasteiger partial charge in [-0.15, -0.1) is 0 Å². The lowest BCUT2D eigenvalue weighted by molar-refractivity contribution is -0.384. The van der Waals surface area contributed by atoms with Crippen LogP contribution in [0.15, 0.2) is 24.3 Å². The predicted molar refractivity (Wildman–Crippen MR) is 104 cm³/mol. The molecule has 1 amide bonds. The van der Waals surface area contributed by atoms with Gasteiger partial charge in [0.25, 0.3) is 11.6 Å². The smallest absolute Gasteiger partial charge is 0.338 e. The van der Waals surface area contributed by atoms with Gasteiger partial charge in [0.1, 0.15) is 0 Å². The van der Waals surface area contributed by atoms with Crippen LogP contribution < -0.4 is 0 Å². The number of non-ortho nitro benzene ring substituents is 1. The summed E-state index contributed by atoms with van der Waals surface area (Å²) in [5, 5.41) is 10.8. The average Bonchev–Trinajstić information content (AvgIpc) is 3.06. The summed E-state index contributed by atoms with van der Waals surface area (Å²) >= 11 is 0. The summed E-state index contributed by atoms with van der Waals surface area (Å²) in [6.07, 6.45) is 5.04. The molecule has 1 unspecified atom stereocenters. The molecule has 9 nitrogen and oxygen atoms in total. The van der Waals surface area contributed by atoms with E-state index in [-0.39, 0.29) is 28.8 Å². The highest BCUT2D eigenvalue weighted by Gasteiger charge is 2.38. The van der Waals surface area contributed by atoms with Crippen molar-refractivity contribution in [3.63, 3.8) is 0 Å². The van der Waals surface area contributed by atoms with Gasteiger partial charge in [-0.2, -0.15) is 0 Å². The van der Waals surface area contributed by atoms with Crippen molar-refractivity contribution in [1.29, 1.82) is 0 Å². The second kappa shape index (κ2) is 8.89. The summed E-state index contributed by atoms with van der Waals surface area (Å²) in [6, 6.07) is 4.65. The molecule has 0 radical (unpaired) electrons. The quantitative estimate of drug-likeness (QED) is 0.389. The van der Waals surface area contributed by atoms with Crippen LogP contribution in [-0.2, 0) is 19.4 Å². The van der Waals surface area contributed by atoms with E-state index < -0.39 is 39.3 Å². The van der Waals surface area contributed by atoms with Gasteiger partial charge in [0.15, 0.2) is 16.4 Å². The number of benzene rings is 1. The van der Waals surface area contributed by atoms with Gasteiger partial charge in [-0.05, 0) is 25.3 Å². The summed E-state index contributed by atoms with van der Waals surface area (Å²) in [5.41, 5.74) is -0.259. The molecule has 10 heteroatoms. The largest absolute Gasteiger partial charge is 0.452 e. The van der Waals surface area contributed by atoms with Crippen LogP contribution in [0.4, 0.5) is 5.69 Å². The van der Waals surface area contributed by atoms with Crippen molar-refractivity contribution in [3.8, 4) is 0 Å². The monoisotopic (exact) mass is 424 g/mol. The van der Waals surface area contributed by atoms with Gasteiger partial charge in [-0.3, -0.25) is 14.9 Å². The third-order valence-corrected chi connectivity index (χ3v) is 7.23. The zero-order valence-corrected chi connectivity index (χ0v) is 16.8. The number of rotatable bonds is 6. The number of nitro benzene ring substituents is 1. The first-order chi connectivity index (χ1) is 13.8. The van der Waals surface area contributed by atoms with E-state index in [1.54, 1.807) is 4.90 Å². The van der Waals surface area contributed by atoms with Gasteiger partial charge >= 0.3 is 5.97 Å². The molecule has 1 aliphatic carbocycles. The second-order valence-corrected chi connectivity index (χ2v) is 9.76. The third kappa shape index (κ3) is 5.31. The normalized spacial score (nSPS) is 21.4. The lowest BCUT2D eigenvalue weighted by Gasteiger charge is -2.38. The lowest BCUT2D eigenvalue weighted by atomic mass is 9.93. The lowest BCUT2D eigenvalue weighted by Crippen LogP contribution is -2.50. The molecule has 1 saturated heterocycles. The predicted octanol–water partition coefficient (Wildman–Crippen LogP) is 2.10. The van der Waals surface area contributed by atoms with Gasteiger partial charge in [-0.25, -0.2) is 13.2 Å². The average molecular weight is 424 g/mol. The fourth-order valence-electron chi connectivity index (χ4n) is 4.09. The van der Waals surface area contributed by atoms with E-state index >= 15 is 0 Å². The number of nitrogens with zero attached hydrogens (tertiary/aromatic N) is 2. The van der Waals surface area contributed by atoms with Gasteiger partial charge in [0.05, 0.1) is 22.0 Å². The van der Waals surface area contributed by atoms with Crippen LogP contribution >= 0.6 is 0 Å². The summed E-state index contributed by atoms with van der Waals surface area (Å²) in [5.74, 6) is -1.25. The number of hydrogen-bond acceptors (Lipinski definition) is 7. The maximum atomic E-state index is 12.9. The fourth-order valence-corrected chi connectivity index (χ4v) is 5.80. The Morgan fingerprint density at radius 2 is 1.86 bits per heavy atom. The van der Waals surface area contributed by atoms with Gasteiger partial charge in [0, 0.05) is 24.2 Å². The number of amides is 1. The van der Waals surface area contributed by atoms with Crippen molar-refractivity contribution in [3.05, 3.63) is 39.9 Å². The Bertz CT molecular complexity index is 894. The number of nitro groups is 1. The SMILES string of the molecule is O=C(OCC(=O)N(C1CCCCC1)C1CCS(=O)(=O)C1)c1cccc([N+](=O)[O-])c1. The molecule has 0 spiro atoms. The van der Waals surface area contributed by atoms with E-state index in [1.165, 1.54) is 18.2 Å². The van der Waals surface area contributed by atoms with E-state index in [4.69, 9.17) is 4.74 Å².